The summed E-state index contributed by atoms with van der Waals surface area (Å²) in [5, 5.41) is 7.84. The van der Waals surface area contributed by atoms with E-state index in [1.54, 1.807) is 0 Å². The molecule has 1 aromatic rings. The van der Waals surface area contributed by atoms with Gasteiger partial charge in [-0.15, -0.1) is 0 Å². The minimum atomic E-state index is 0.206. The van der Waals surface area contributed by atoms with E-state index in [0.29, 0.717) is 12.0 Å². The second kappa shape index (κ2) is 7.39. The topological polar surface area (TPSA) is 51.0 Å². The van der Waals surface area contributed by atoms with Crippen LogP contribution < -0.4 is 5.32 Å². The lowest BCUT2D eigenvalue weighted by Crippen LogP contribution is -2.39. The summed E-state index contributed by atoms with van der Waals surface area (Å²) in [5.41, 5.74) is 0.206. The molecule has 21 heavy (non-hydrogen) atoms. The summed E-state index contributed by atoms with van der Waals surface area (Å²) in [6, 6.07) is 0.622. The number of hydrogen-bond acceptors (Lipinski definition) is 4. The van der Waals surface area contributed by atoms with Gasteiger partial charge in [-0.2, -0.15) is 4.98 Å². The van der Waals surface area contributed by atoms with Crippen molar-refractivity contribution in [2.45, 2.75) is 78.7 Å². The maximum Gasteiger partial charge on any atom is 0.226 e. The van der Waals surface area contributed by atoms with Crippen molar-refractivity contribution < 1.29 is 4.52 Å². The fraction of sp³-hybridized carbons (Fsp3) is 0.882. The van der Waals surface area contributed by atoms with Gasteiger partial charge < -0.3 is 9.84 Å². The molecule has 4 heteroatoms. The third-order valence-corrected chi connectivity index (χ3v) is 4.20. The van der Waals surface area contributed by atoms with Gasteiger partial charge in [-0.1, -0.05) is 45.7 Å². The van der Waals surface area contributed by atoms with Crippen LogP contribution in [-0.4, -0.2) is 22.7 Å². The largest absolute Gasteiger partial charge is 0.339 e. The molecule has 4 nitrogen and oxygen atoms in total. The molecule has 0 aliphatic heterocycles. The van der Waals surface area contributed by atoms with Crippen molar-refractivity contribution in [2.75, 3.05) is 6.54 Å². The van der Waals surface area contributed by atoms with E-state index in [2.05, 4.69) is 43.2 Å². The molecule has 1 N–H and O–H groups in total. The Morgan fingerprint density at radius 1 is 1.24 bits per heavy atom. The quantitative estimate of drug-likeness (QED) is 0.867. The molecular formula is C17H31N3O. The van der Waals surface area contributed by atoms with Crippen molar-refractivity contribution in [1.29, 1.82) is 0 Å². The SMILES string of the molecule is CCCNC1CCCCC1Cc1nc(CC(C)(C)C)no1. The zero-order valence-corrected chi connectivity index (χ0v) is 14.1. The van der Waals surface area contributed by atoms with Gasteiger partial charge in [0.15, 0.2) is 5.82 Å². The molecule has 1 saturated carbocycles. The number of hydrogen-bond donors (Lipinski definition) is 1. The first kappa shape index (κ1) is 16.5. The Morgan fingerprint density at radius 2 is 2.00 bits per heavy atom. The molecule has 0 amide bonds. The molecule has 0 bridgehead atoms. The maximum atomic E-state index is 5.48. The number of rotatable bonds is 6. The van der Waals surface area contributed by atoms with Gasteiger partial charge in [-0.25, -0.2) is 0 Å². The molecule has 2 unspecified atom stereocenters. The predicted molar refractivity (Wildman–Crippen MR) is 85.2 cm³/mol. The van der Waals surface area contributed by atoms with E-state index < -0.39 is 0 Å². The van der Waals surface area contributed by atoms with Crippen LogP contribution in [0.5, 0.6) is 0 Å². The highest BCUT2D eigenvalue weighted by molar-refractivity contribution is 4.94. The lowest BCUT2D eigenvalue weighted by Gasteiger charge is -2.31. The van der Waals surface area contributed by atoms with Crippen molar-refractivity contribution in [1.82, 2.24) is 15.5 Å². The summed E-state index contributed by atoms with van der Waals surface area (Å²) in [4.78, 5) is 4.60. The van der Waals surface area contributed by atoms with Crippen LogP contribution in [-0.2, 0) is 12.8 Å². The molecule has 2 atom stereocenters. The average Bonchev–Trinajstić information content (AvgIpc) is 2.83. The Kier molecular flexibility index (Phi) is 5.80. The summed E-state index contributed by atoms with van der Waals surface area (Å²) in [6.45, 7) is 9.94. The third kappa shape index (κ3) is 5.42. The van der Waals surface area contributed by atoms with Crippen LogP contribution >= 0.6 is 0 Å². The summed E-state index contributed by atoms with van der Waals surface area (Å²) in [5.74, 6) is 2.32. The van der Waals surface area contributed by atoms with Gasteiger partial charge in [0, 0.05) is 18.9 Å². The molecule has 120 valence electrons. The third-order valence-electron chi connectivity index (χ3n) is 4.20. The van der Waals surface area contributed by atoms with Crippen molar-refractivity contribution in [3.63, 3.8) is 0 Å². The van der Waals surface area contributed by atoms with Crippen molar-refractivity contribution >= 4 is 0 Å². The first-order chi connectivity index (χ1) is 9.98. The fourth-order valence-corrected chi connectivity index (χ4v) is 3.19. The van der Waals surface area contributed by atoms with E-state index in [-0.39, 0.29) is 5.41 Å². The van der Waals surface area contributed by atoms with Crippen LogP contribution in [0.25, 0.3) is 0 Å². The Hall–Kier alpha value is -0.900. The highest BCUT2D eigenvalue weighted by Crippen LogP contribution is 2.27. The van der Waals surface area contributed by atoms with Crippen LogP contribution in [0, 0.1) is 11.3 Å². The Bertz CT molecular complexity index is 422. The van der Waals surface area contributed by atoms with Gasteiger partial charge in [0.1, 0.15) is 0 Å². The molecule has 0 saturated heterocycles. The molecule has 1 aliphatic rings. The molecule has 1 aromatic heterocycles. The Balaban J connectivity index is 1.92. The van der Waals surface area contributed by atoms with Crippen LogP contribution in [0.4, 0.5) is 0 Å². The summed E-state index contributed by atoms with van der Waals surface area (Å²) < 4.78 is 5.48. The van der Waals surface area contributed by atoms with Gasteiger partial charge in [0.2, 0.25) is 5.89 Å². The molecule has 2 rings (SSSR count). The van der Waals surface area contributed by atoms with E-state index in [0.717, 1.165) is 31.1 Å². The molecule has 0 radical (unpaired) electrons. The summed E-state index contributed by atoms with van der Waals surface area (Å²) >= 11 is 0. The van der Waals surface area contributed by atoms with E-state index in [9.17, 15) is 0 Å². The smallest absolute Gasteiger partial charge is 0.226 e. The zero-order valence-electron chi connectivity index (χ0n) is 14.1. The molecule has 1 aliphatic carbocycles. The molecule has 0 spiro atoms. The monoisotopic (exact) mass is 293 g/mol. The number of nitrogens with zero attached hydrogens (tertiary/aromatic N) is 2. The standard InChI is InChI=1S/C17H31N3O/c1-5-10-18-14-9-7-6-8-13(14)11-16-19-15(20-21-16)12-17(2,3)4/h13-14,18H,5-12H2,1-4H3. The Labute approximate surface area is 129 Å². The average molecular weight is 293 g/mol. The first-order valence-corrected chi connectivity index (χ1v) is 8.53. The summed E-state index contributed by atoms with van der Waals surface area (Å²) in [7, 11) is 0. The van der Waals surface area contributed by atoms with Gasteiger partial charge in [0.05, 0.1) is 0 Å². The lowest BCUT2D eigenvalue weighted by atomic mass is 9.82. The second-order valence-electron chi connectivity index (χ2n) is 7.65. The lowest BCUT2D eigenvalue weighted by molar-refractivity contribution is 0.239. The maximum absolute atomic E-state index is 5.48. The van der Waals surface area contributed by atoms with Crippen LogP contribution in [0.15, 0.2) is 4.52 Å². The van der Waals surface area contributed by atoms with Gasteiger partial charge in [-0.3, -0.25) is 0 Å². The van der Waals surface area contributed by atoms with Crippen molar-refractivity contribution in [2.24, 2.45) is 11.3 Å². The molecular weight excluding hydrogens is 262 g/mol. The van der Waals surface area contributed by atoms with Gasteiger partial charge >= 0.3 is 0 Å². The minimum Gasteiger partial charge on any atom is -0.339 e. The van der Waals surface area contributed by atoms with E-state index >= 15 is 0 Å². The van der Waals surface area contributed by atoms with Crippen LogP contribution in [0.2, 0.25) is 0 Å². The number of aromatic nitrogens is 2. The van der Waals surface area contributed by atoms with Gasteiger partial charge in [-0.05, 0) is 37.1 Å². The fourth-order valence-electron chi connectivity index (χ4n) is 3.19. The van der Waals surface area contributed by atoms with E-state index in [1.165, 1.54) is 32.1 Å². The van der Waals surface area contributed by atoms with Crippen LogP contribution in [0.1, 0.15) is 71.5 Å². The molecule has 0 aromatic carbocycles. The number of nitrogens with one attached hydrogen (secondary N) is 1. The normalized spacial score (nSPS) is 23.4. The highest BCUT2D eigenvalue weighted by atomic mass is 16.5. The molecule has 1 fully saturated rings. The van der Waals surface area contributed by atoms with Crippen LogP contribution in [0.3, 0.4) is 0 Å². The predicted octanol–water partition coefficient (Wildman–Crippen LogP) is 3.76. The van der Waals surface area contributed by atoms with Crippen molar-refractivity contribution in [3.8, 4) is 0 Å². The minimum absolute atomic E-state index is 0.206. The second-order valence-corrected chi connectivity index (χ2v) is 7.65. The summed E-state index contributed by atoms with van der Waals surface area (Å²) in [6.07, 6.45) is 8.23. The van der Waals surface area contributed by atoms with E-state index in [1.807, 2.05) is 0 Å². The molecule has 1 heterocycles. The van der Waals surface area contributed by atoms with Crippen molar-refractivity contribution in [3.05, 3.63) is 11.7 Å². The Morgan fingerprint density at radius 3 is 2.71 bits per heavy atom. The first-order valence-electron chi connectivity index (χ1n) is 8.53. The highest BCUT2D eigenvalue weighted by Gasteiger charge is 2.27. The van der Waals surface area contributed by atoms with Gasteiger partial charge in [0.25, 0.3) is 0 Å². The zero-order chi connectivity index (χ0) is 15.3. The van der Waals surface area contributed by atoms with E-state index in [4.69, 9.17) is 4.52 Å².